The Labute approximate surface area is 142 Å². The number of amides is 2. The number of hydrogen-bond acceptors (Lipinski definition) is 4. The number of thioether (sulfide) groups is 1. The first-order chi connectivity index (χ1) is 11.1. The lowest BCUT2D eigenvalue weighted by Crippen LogP contribution is -2.49. The highest BCUT2D eigenvalue weighted by Crippen LogP contribution is 2.18. The molecular weight excluding hydrogens is 310 g/mol. The first-order valence-corrected chi connectivity index (χ1v) is 9.12. The van der Waals surface area contributed by atoms with Gasteiger partial charge >= 0.3 is 0 Å². The molecule has 126 valence electrons. The number of nitrogens with zero attached hydrogens (tertiary/aromatic N) is 1. The quantitative estimate of drug-likeness (QED) is 0.833. The van der Waals surface area contributed by atoms with Crippen LogP contribution in [0.4, 0.5) is 5.69 Å². The van der Waals surface area contributed by atoms with Crippen LogP contribution < -0.4 is 10.6 Å². The first kappa shape index (κ1) is 17.8. The molecule has 1 aliphatic heterocycles. The van der Waals surface area contributed by atoms with E-state index in [1.54, 1.807) is 0 Å². The zero-order valence-electron chi connectivity index (χ0n) is 13.8. The number of nitrogens with one attached hydrogen (secondary N) is 2. The van der Waals surface area contributed by atoms with Crippen molar-refractivity contribution in [3.8, 4) is 0 Å². The third kappa shape index (κ3) is 5.55. The number of carbonyl (C=O) groups is 2. The minimum Gasteiger partial charge on any atom is -0.339 e. The fourth-order valence-electron chi connectivity index (χ4n) is 2.55. The fraction of sp³-hybridized carbons (Fsp3) is 0.529. The Balaban J connectivity index is 1.82. The second-order valence-corrected chi connectivity index (χ2v) is 6.89. The molecule has 23 heavy (non-hydrogen) atoms. The van der Waals surface area contributed by atoms with Crippen LogP contribution >= 0.6 is 11.8 Å². The Morgan fingerprint density at radius 1 is 1.35 bits per heavy atom. The zero-order chi connectivity index (χ0) is 16.7. The SMILES string of the molecule is CCC(SCC(=O)Nc1cccc(C)c1)C(=O)N1CCNCC1. The lowest BCUT2D eigenvalue weighted by atomic mass is 10.2. The van der Waals surface area contributed by atoms with Crippen molar-refractivity contribution in [2.24, 2.45) is 0 Å². The van der Waals surface area contributed by atoms with Gasteiger partial charge in [-0.05, 0) is 31.0 Å². The van der Waals surface area contributed by atoms with Crippen molar-refractivity contribution in [3.63, 3.8) is 0 Å². The highest BCUT2D eigenvalue weighted by atomic mass is 32.2. The van der Waals surface area contributed by atoms with Gasteiger partial charge in [-0.3, -0.25) is 9.59 Å². The van der Waals surface area contributed by atoms with Gasteiger partial charge in [0.2, 0.25) is 11.8 Å². The van der Waals surface area contributed by atoms with Crippen molar-refractivity contribution in [2.75, 3.05) is 37.2 Å². The lowest BCUT2D eigenvalue weighted by Gasteiger charge is -2.30. The summed E-state index contributed by atoms with van der Waals surface area (Å²) >= 11 is 1.43. The molecule has 1 unspecified atom stereocenters. The van der Waals surface area contributed by atoms with Crippen molar-refractivity contribution in [1.29, 1.82) is 0 Å². The normalized spacial score (nSPS) is 16.0. The number of rotatable bonds is 6. The predicted molar refractivity (Wildman–Crippen MR) is 95.8 cm³/mol. The van der Waals surface area contributed by atoms with E-state index in [0.29, 0.717) is 5.75 Å². The Kier molecular flexibility index (Phi) is 6.92. The molecule has 2 amide bonds. The number of hydrogen-bond donors (Lipinski definition) is 2. The van der Waals surface area contributed by atoms with Gasteiger partial charge in [-0.15, -0.1) is 11.8 Å². The second kappa shape index (κ2) is 8.93. The van der Waals surface area contributed by atoms with Gasteiger partial charge in [-0.1, -0.05) is 19.1 Å². The molecule has 1 saturated heterocycles. The van der Waals surface area contributed by atoms with E-state index in [0.717, 1.165) is 43.9 Å². The molecule has 0 aliphatic carbocycles. The number of benzene rings is 1. The summed E-state index contributed by atoms with van der Waals surface area (Å²) < 4.78 is 0. The zero-order valence-corrected chi connectivity index (χ0v) is 14.6. The van der Waals surface area contributed by atoms with Gasteiger partial charge in [0.1, 0.15) is 0 Å². The van der Waals surface area contributed by atoms with Crippen molar-refractivity contribution in [2.45, 2.75) is 25.5 Å². The highest BCUT2D eigenvalue weighted by molar-refractivity contribution is 8.01. The molecule has 1 heterocycles. The predicted octanol–water partition coefficient (Wildman–Crippen LogP) is 1.88. The highest BCUT2D eigenvalue weighted by Gasteiger charge is 2.25. The summed E-state index contributed by atoms with van der Waals surface area (Å²) in [7, 11) is 0. The van der Waals surface area contributed by atoms with Crippen LogP contribution in [0.5, 0.6) is 0 Å². The largest absolute Gasteiger partial charge is 0.339 e. The molecule has 6 heteroatoms. The van der Waals surface area contributed by atoms with Gasteiger partial charge in [-0.25, -0.2) is 0 Å². The summed E-state index contributed by atoms with van der Waals surface area (Å²) in [5.74, 6) is 0.388. The summed E-state index contributed by atoms with van der Waals surface area (Å²) in [6, 6.07) is 7.72. The Morgan fingerprint density at radius 2 is 2.09 bits per heavy atom. The van der Waals surface area contributed by atoms with E-state index in [1.165, 1.54) is 11.8 Å². The Bertz CT molecular complexity index is 544. The summed E-state index contributed by atoms with van der Waals surface area (Å²) in [5, 5.41) is 5.99. The number of anilines is 1. The van der Waals surface area contributed by atoms with E-state index in [9.17, 15) is 9.59 Å². The topological polar surface area (TPSA) is 61.4 Å². The maximum atomic E-state index is 12.5. The maximum Gasteiger partial charge on any atom is 0.235 e. The van der Waals surface area contributed by atoms with Crippen LogP contribution in [0.1, 0.15) is 18.9 Å². The van der Waals surface area contributed by atoms with Gasteiger partial charge in [0, 0.05) is 31.9 Å². The molecule has 1 aromatic rings. The molecule has 0 bridgehead atoms. The average Bonchev–Trinajstić information content (AvgIpc) is 2.56. The minimum atomic E-state index is -0.142. The van der Waals surface area contributed by atoms with Gasteiger partial charge in [0.15, 0.2) is 0 Å². The first-order valence-electron chi connectivity index (χ1n) is 8.07. The second-order valence-electron chi connectivity index (χ2n) is 5.70. The van der Waals surface area contributed by atoms with Gasteiger partial charge in [-0.2, -0.15) is 0 Å². The van der Waals surface area contributed by atoms with E-state index in [4.69, 9.17) is 0 Å². The third-order valence-electron chi connectivity index (χ3n) is 3.79. The summed E-state index contributed by atoms with van der Waals surface area (Å²) in [5.41, 5.74) is 1.91. The summed E-state index contributed by atoms with van der Waals surface area (Å²) in [4.78, 5) is 26.5. The van der Waals surface area contributed by atoms with Crippen LogP contribution in [0.2, 0.25) is 0 Å². The Hall–Kier alpha value is -1.53. The summed E-state index contributed by atoms with van der Waals surface area (Å²) in [6.07, 6.45) is 0.741. The van der Waals surface area contributed by atoms with Crippen molar-refractivity contribution >= 4 is 29.3 Å². The Morgan fingerprint density at radius 3 is 2.74 bits per heavy atom. The van der Waals surface area contributed by atoms with Crippen molar-refractivity contribution < 1.29 is 9.59 Å². The van der Waals surface area contributed by atoms with Crippen LogP contribution in [-0.2, 0) is 9.59 Å². The number of aryl methyl sites for hydroxylation is 1. The van der Waals surface area contributed by atoms with Gasteiger partial charge in [0.25, 0.3) is 0 Å². The summed E-state index contributed by atoms with van der Waals surface area (Å²) in [6.45, 7) is 7.19. The van der Waals surface area contributed by atoms with E-state index in [2.05, 4.69) is 10.6 Å². The fourth-order valence-corrected chi connectivity index (χ4v) is 3.50. The van der Waals surface area contributed by atoms with Crippen LogP contribution in [0.25, 0.3) is 0 Å². The van der Waals surface area contributed by atoms with Gasteiger partial charge < -0.3 is 15.5 Å². The van der Waals surface area contributed by atoms with Crippen LogP contribution in [-0.4, -0.2) is 53.9 Å². The van der Waals surface area contributed by atoms with E-state index in [-0.39, 0.29) is 17.1 Å². The van der Waals surface area contributed by atoms with Crippen molar-refractivity contribution in [1.82, 2.24) is 10.2 Å². The molecule has 0 radical (unpaired) electrons. The number of carbonyl (C=O) groups excluding carboxylic acids is 2. The van der Waals surface area contributed by atoms with E-state index >= 15 is 0 Å². The third-order valence-corrected chi connectivity index (χ3v) is 5.16. The molecule has 2 rings (SSSR count). The number of piperazine rings is 1. The molecule has 1 aromatic carbocycles. The smallest absolute Gasteiger partial charge is 0.235 e. The molecule has 1 aliphatic rings. The minimum absolute atomic E-state index is 0.0628. The molecular formula is C17H25N3O2S. The molecule has 2 N–H and O–H groups in total. The maximum absolute atomic E-state index is 12.5. The van der Waals surface area contributed by atoms with E-state index < -0.39 is 0 Å². The van der Waals surface area contributed by atoms with Crippen LogP contribution in [0, 0.1) is 6.92 Å². The van der Waals surface area contributed by atoms with Crippen LogP contribution in [0.15, 0.2) is 24.3 Å². The average molecular weight is 335 g/mol. The lowest BCUT2D eigenvalue weighted by molar-refractivity contribution is -0.131. The monoisotopic (exact) mass is 335 g/mol. The molecule has 0 aromatic heterocycles. The molecule has 0 spiro atoms. The van der Waals surface area contributed by atoms with Crippen molar-refractivity contribution in [3.05, 3.63) is 29.8 Å². The standard InChI is InChI=1S/C17H25N3O2S/c1-3-15(17(22)20-9-7-18-8-10-20)23-12-16(21)19-14-6-4-5-13(2)11-14/h4-6,11,15,18H,3,7-10,12H2,1-2H3,(H,19,21). The molecule has 0 saturated carbocycles. The molecule has 1 atom stereocenters. The van der Waals surface area contributed by atoms with E-state index in [1.807, 2.05) is 43.0 Å². The molecule has 5 nitrogen and oxygen atoms in total. The molecule has 1 fully saturated rings. The van der Waals surface area contributed by atoms with Crippen LogP contribution in [0.3, 0.4) is 0 Å². The van der Waals surface area contributed by atoms with Gasteiger partial charge in [0.05, 0.1) is 11.0 Å².